The molecule has 0 aliphatic heterocycles. The highest BCUT2D eigenvalue weighted by Crippen LogP contribution is 2.39. The third kappa shape index (κ3) is 1.21. The predicted octanol–water partition coefficient (Wildman–Crippen LogP) is 5.54. The Labute approximate surface area is 117 Å². The molecule has 94 valence electrons. The highest BCUT2D eigenvalue weighted by Gasteiger charge is 2.14. The monoisotopic (exact) mass is 254 g/mol. The first-order valence-corrected chi connectivity index (χ1v) is 7.28. The van der Waals surface area contributed by atoms with Crippen LogP contribution in [0.4, 0.5) is 0 Å². The van der Waals surface area contributed by atoms with Crippen LogP contribution in [0.3, 0.4) is 0 Å². The summed E-state index contributed by atoms with van der Waals surface area (Å²) >= 11 is 0. The summed E-state index contributed by atoms with van der Waals surface area (Å²) in [5.74, 6) is 0. The lowest BCUT2D eigenvalue weighted by Crippen LogP contribution is -1.91. The van der Waals surface area contributed by atoms with E-state index in [4.69, 9.17) is 0 Å². The van der Waals surface area contributed by atoms with Crippen molar-refractivity contribution >= 4 is 38.4 Å². The van der Waals surface area contributed by atoms with Crippen LogP contribution in [0.25, 0.3) is 38.4 Å². The second-order valence-electron chi connectivity index (χ2n) is 5.75. The van der Waals surface area contributed by atoms with Crippen LogP contribution >= 0.6 is 0 Å². The smallest absolute Gasteiger partial charge is 0.00180 e. The molecule has 0 saturated heterocycles. The standard InChI is InChI=1S/C20H14/c1-2-5-16-12-17-7-3-6-14-9-11-15-10-8-13(4-1)18(16)20(15)19(14)17/h1,3-4,6-12H,2,5H2. The zero-order valence-corrected chi connectivity index (χ0v) is 11.2. The van der Waals surface area contributed by atoms with Gasteiger partial charge in [-0.05, 0) is 56.3 Å². The van der Waals surface area contributed by atoms with Gasteiger partial charge in [-0.15, -0.1) is 0 Å². The van der Waals surface area contributed by atoms with Gasteiger partial charge in [-0.2, -0.15) is 0 Å². The van der Waals surface area contributed by atoms with Gasteiger partial charge in [0.1, 0.15) is 0 Å². The van der Waals surface area contributed by atoms with Crippen molar-refractivity contribution in [2.45, 2.75) is 12.8 Å². The van der Waals surface area contributed by atoms with Crippen LogP contribution in [0.15, 0.2) is 54.6 Å². The van der Waals surface area contributed by atoms with Crippen molar-refractivity contribution in [2.75, 3.05) is 0 Å². The van der Waals surface area contributed by atoms with Gasteiger partial charge in [-0.3, -0.25) is 0 Å². The maximum absolute atomic E-state index is 2.40. The van der Waals surface area contributed by atoms with Crippen LogP contribution in [0.1, 0.15) is 17.5 Å². The number of benzene rings is 4. The number of hydrogen-bond acceptors (Lipinski definition) is 0. The van der Waals surface area contributed by atoms with Gasteiger partial charge in [-0.25, -0.2) is 0 Å². The van der Waals surface area contributed by atoms with Gasteiger partial charge in [-0.1, -0.05) is 60.7 Å². The minimum Gasteiger partial charge on any atom is -0.0836 e. The van der Waals surface area contributed by atoms with E-state index in [1.54, 1.807) is 0 Å². The van der Waals surface area contributed by atoms with Gasteiger partial charge in [0.25, 0.3) is 0 Å². The van der Waals surface area contributed by atoms with E-state index in [2.05, 4.69) is 60.7 Å². The second-order valence-corrected chi connectivity index (χ2v) is 5.75. The molecular formula is C20H14. The lowest BCUT2D eigenvalue weighted by Gasteiger charge is -2.15. The van der Waals surface area contributed by atoms with E-state index in [9.17, 15) is 0 Å². The normalized spacial score (nSPS) is 14.4. The van der Waals surface area contributed by atoms with Gasteiger partial charge in [0.15, 0.2) is 0 Å². The van der Waals surface area contributed by atoms with Crippen LogP contribution in [0, 0.1) is 0 Å². The Bertz CT molecular complexity index is 989. The van der Waals surface area contributed by atoms with Gasteiger partial charge in [0, 0.05) is 0 Å². The van der Waals surface area contributed by atoms with E-state index in [1.807, 2.05) is 0 Å². The molecular weight excluding hydrogens is 240 g/mol. The average Bonchev–Trinajstić information content (AvgIpc) is 2.70. The predicted molar refractivity (Wildman–Crippen MR) is 87.5 cm³/mol. The number of aryl methyl sites for hydroxylation is 1. The lowest BCUT2D eigenvalue weighted by atomic mass is 9.88. The number of rotatable bonds is 0. The SMILES string of the molecule is C1=Cc2ccc3ccc4cccc5cc(c2c3c45)CC1. The first kappa shape index (κ1) is 10.4. The van der Waals surface area contributed by atoms with E-state index < -0.39 is 0 Å². The summed E-state index contributed by atoms with van der Waals surface area (Å²) in [6.07, 6.45) is 6.89. The van der Waals surface area contributed by atoms with Crippen molar-refractivity contribution in [2.24, 2.45) is 0 Å². The summed E-state index contributed by atoms with van der Waals surface area (Å²) in [5, 5.41) is 8.47. The van der Waals surface area contributed by atoms with E-state index in [0.29, 0.717) is 0 Å². The van der Waals surface area contributed by atoms with Crippen LogP contribution in [-0.4, -0.2) is 0 Å². The average molecular weight is 254 g/mol. The Hall–Kier alpha value is -2.34. The van der Waals surface area contributed by atoms with Crippen molar-refractivity contribution in [1.82, 2.24) is 0 Å². The zero-order valence-electron chi connectivity index (χ0n) is 11.2. The molecule has 0 atom stereocenters. The van der Waals surface area contributed by atoms with Gasteiger partial charge >= 0.3 is 0 Å². The number of hydrogen-bond donors (Lipinski definition) is 0. The van der Waals surface area contributed by atoms with Crippen molar-refractivity contribution in [1.29, 1.82) is 0 Å². The van der Waals surface area contributed by atoms with Gasteiger partial charge < -0.3 is 0 Å². The molecule has 5 rings (SSSR count). The molecule has 0 unspecified atom stereocenters. The summed E-state index contributed by atoms with van der Waals surface area (Å²) in [7, 11) is 0. The van der Waals surface area contributed by atoms with Crippen molar-refractivity contribution in [3.63, 3.8) is 0 Å². The summed E-state index contributed by atoms with van der Waals surface area (Å²) in [4.78, 5) is 0. The molecule has 0 aromatic heterocycles. The molecule has 20 heavy (non-hydrogen) atoms. The Kier molecular flexibility index (Phi) is 1.88. The second kappa shape index (κ2) is 3.61. The third-order valence-corrected chi connectivity index (χ3v) is 4.62. The fourth-order valence-electron chi connectivity index (χ4n) is 3.75. The molecule has 1 aliphatic carbocycles. The molecule has 0 nitrogen and oxygen atoms in total. The quantitative estimate of drug-likeness (QED) is 0.361. The van der Waals surface area contributed by atoms with Crippen LogP contribution in [-0.2, 0) is 6.42 Å². The molecule has 0 spiro atoms. The van der Waals surface area contributed by atoms with Crippen LogP contribution < -0.4 is 0 Å². The molecule has 0 fully saturated rings. The van der Waals surface area contributed by atoms with Crippen LogP contribution in [0.2, 0.25) is 0 Å². The molecule has 0 bridgehead atoms. The minimum absolute atomic E-state index is 1.14. The maximum Gasteiger partial charge on any atom is -0.00180 e. The fourth-order valence-corrected chi connectivity index (χ4v) is 3.75. The first-order valence-electron chi connectivity index (χ1n) is 7.28. The topological polar surface area (TPSA) is 0 Å². The third-order valence-electron chi connectivity index (χ3n) is 4.62. The van der Waals surface area contributed by atoms with Crippen molar-refractivity contribution in [3.05, 3.63) is 65.7 Å². The fraction of sp³-hybridized carbons (Fsp3) is 0.100. The zero-order chi connectivity index (χ0) is 13.1. The molecule has 0 radical (unpaired) electrons. The molecule has 0 amide bonds. The van der Waals surface area contributed by atoms with Crippen molar-refractivity contribution < 1.29 is 0 Å². The maximum atomic E-state index is 2.40. The molecule has 0 heteroatoms. The van der Waals surface area contributed by atoms with E-state index in [1.165, 1.54) is 43.4 Å². The van der Waals surface area contributed by atoms with Crippen LogP contribution in [0.5, 0.6) is 0 Å². The summed E-state index contributed by atoms with van der Waals surface area (Å²) in [5.41, 5.74) is 2.88. The van der Waals surface area contributed by atoms with Gasteiger partial charge in [0.05, 0.1) is 0 Å². The highest BCUT2D eigenvalue weighted by atomic mass is 14.2. The van der Waals surface area contributed by atoms with Crippen molar-refractivity contribution in [3.8, 4) is 0 Å². The van der Waals surface area contributed by atoms with E-state index >= 15 is 0 Å². The summed E-state index contributed by atoms with van der Waals surface area (Å²) in [6.45, 7) is 0. The lowest BCUT2D eigenvalue weighted by molar-refractivity contribution is 1.02. The summed E-state index contributed by atoms with van der Waals surface area (Å²) in [6, 6.07) is 18.1. The molecule has 0 N–H and O–H groups in total. The Balaban J connectivity index is 2.19. The molecule has 4 aromatic rings. The molecule has 0 saturated carbocycles. The molecule has 4 aromatic carbocycles. The molecule has 1 aliphatic rings. The summed E-state index contributed by atoms with van der Waals surface area (Å²) < 4.78 is 0. The Morgan fingerprint density at radius 2 is 1.50 bits per heavy atom. The van der Waals surface area contributed by atoms with E-state index in [-0.39, 0.29) is 0 Å². The molecule has 0 heterocycles. The van der Waals surface area contributed by atoms with E-state index in [0.717, 1.165) is 12.8 Å². The first-order chi connectivity index (χ1) is 9.92. The highest BCUT2D eigenvalue weighted by molar-refractivity contribution is 6.25. The Morgan fingerprint density at radius 3 is 2.45 bits per heavy atom. The Morgan fingerprint density at radius 1 is 0.700 bits per heavy atom. The number of allylic oxidation sites excluding steroid dienone is 1. The van der Waals surface area contributed by atoms with Gasteiger partial charge in [0.2, 0.25) is 0 Å². The largest absolute Gasteiger partial charge is 0.0836 e. The minimum atomic E-state index is 1.14.